The molecule has 0 aromatic heterocycles. The molecule has 0 saturated carbocycles. The number of carbonyl (C=O) groups excluding carboxylic acids is 4. The minimum atomic E-state index is -4.97. The van der Waals surface area contributed by atoms with Crippen molar-refractivity contribution in [3.05, 3.63) is 72.9 Å². The quantitative estimate of drug-likeness (QED) is 0.0169. The molecule has 0 aliphatic carbocycles. The molecule has 100 heavy (non-hydrogen) atoms. The van der Waals surface area contributed by atoms with Crippen LogP contribution in [0.4, 0.5) is 0 Å². The Morgan fingerprint density at radius 1 is 0.290 bits per heavy atom. The minimum Gasteiger partial charge on any atom is -0.462 e. The van der Waals surface area contributed by atoms with Gasteiger partial charge in [0.05, 0.1) is 26.4 Å². The van der Waals surface area contributed by atoms with E-state index in [0.717, 1.165) is 180 Å². The molecule has 0 aromatic rings. The van der Waals surface area contributed by atoms with Crippen molar-refractivity contribution >= 4 is 39.5 Å². The van der Waals surface area contributed by atoms with Crippen LogP contribution in [0.15, 0.2) is 72.9 Å². The molecule has 0 saturated heterocycles. The second kappa shape index (κ2) is 73.8. The fourth-order valence-corrected chi connectivity index (χ4v) is 12.7. The fraction of sp³-hybridized carbons (Fsp3) is 0.802. The summed E-state index contributed by atoms with van der Waals surface area (Å²) < 4.78 is 68.6. The molecule has 582 valence electrons. The maximum Gasteiger partial charge on any atom is 0.472 e. The van der Waals surface area contributed by atoms with Crippen LogP contribution in [0.3, 0.4) is 0 Å². The highest BCUT2D eigenvalue weighted by molar-refractivity contribution is 7.47. The molecule has 0 fully saturated rings. The van der Waals surface area contributed by atoms with E-state index in [4.69, 9.17) is 37.0 Å². The number of hydrogen-bond acceptors (Lipinski definition) is 15. The highest BCUT2D eigenvalue weighted by atomic mass is 31.2. The average Bonchev–Trinajstić information content (AvgIpc) is 0.989. The maximum atomic E-state index is 13.1. The molecule has 0 aromatic carbocycles. The first-order valence-electron chi connectivity index (χ1n) is 40.2. The van der Waals surface area contributed by atoms with Gasteiger partial charge < -0.3 is 33.8 Å². The summed E-state index contributed by atoms with van der Waals surface area (Å²) in [5.74, 6) is -2.16. The first kappa shape index (κ1) is 96.5. The van der Waals surface area contributed by atoms with Crippen LogP contribution in [0.25, 0.3) is 0 Å². The predicted molar refractivity (Wildman–Crippen MR) is 409 cm³/mol. The van der Waals surface area contributed by atoms with Crippen LogP contribution in [0, 0.1) is 0 Å². The molecule has 0 rings (SSSR count). The van der Waals surface area contributed by atoms with Crippen molar-refractivity contribution in [2.75, 3.05) is 39.6 Å². The SMILES string of the molecule is CC/C=C\C/C=C\C/C=C\CCCCCCCCCC(=O)OCC(COP(=O)(O)OCC(O)COP(=O)(O)OCC(COC(=O)CCCCCCCCC/C=C\C/C=C\C/C=C\CC)OC(=O)CCCCCCCCCCCCCCCCC)OC(=O)CCCCCCCCCCCCC. The molecule has 19 heteroatoms. The number of ether oxygens (including phenoxy) is 4. The lowest BCUT2D eigenvalue weighted by atomic mass is 10.0. The summed E-state index contributed by atoms with van der Waals surface area (Å²) in [6.45, 7) is 4.70. The molecule has 0 spiro atoms. The van der Waals surface area contributed by atoms with Gasteiger partial charge in [0.1, 0.15) is 19.3 Å². The Balaban J connectivity index is 5.29. The Morgan fingerprint density at radius 3 is 0.800 bits per heavy atom. The van der Waals surface area contributed by atoms with Crippen molar-refractivity contribution in [3.63, 3.8) is 0 Å². The fourth-order valence-electron chi connectivity index (χ4n) is 11.1. The Labute approximate surface area is 609 Å². The van der Waals surface area contributed by atoms with Crippen LogP contribution in [-0.2, 0) is 65.4 Å². The molecule has 0 aliphatic heterocycles. The van der Waals surface area contributed by atoms with Gasteiger partial charge in [0, 0.05) is 25.7 Å². The van der Waals surface area contributed by atoms with Gasteiger partial charge in [-0.05, 0) is 89.9 Å². The van der Waals surface area contributed by atoms with Crippen molar-refractivity contribution in [1.29, 1.82) is 0 Å². The van der Waals surface area contributed by atoms with Crippen molar-refractivity contribution < 1.29 is 80.2 Å². The van der Waals surface area contributed by atoms with Crippen LogP contribution in [0.1, 0.15) is 362 Å². The number of phosphoric ester groups is 2. The van der Waals surface area contributed by atoms with Gasteiger partial charge >= 0.3 is 39.5 Å². The van der Waals surface area contributed by atoms with Crippen molar-refractivity contribution in [2.45, 2.75) is 380 Å². The Hall–Kier alpha value is -3.50. The number of allylic oxidation sites excluding steroid dienone is 12. The monoisotopic (exact) mass is 1450 g/mol. The molecule has 5 atom stereocenters. The summed E-state index contributed by atoms with van der Waals surface area (Å²) in [5.41, 5.74) is 0. The van der Waals surface area contributed by atoms with Gasteiger partial charge in [0.2, 0.25) is 0 Å². The lowest BCUT2D eigenvalue weighted by Crippen LogP contribution is -2.30. The van der Waals surface area contributed by atoms with E-state index in [9.17, 15) is 43.2 Å². The third kappa shape index (κ3) is 72.8. The number of hydrogen-bond donors (Lipinski definition) is 3. The molecule has 17 nitrogen and oxygen atoms in total. The zero-order chi connectivity index (χ0) is 73.2. The van der Waals surface area contributed by atoms with E-state index in [1.165, 1.54) is 103 Å². The Kier molecular flexibility index (Phi) is 71.2. The number of aliphatic hydroxyl groups is 1. The van der Waals surface area contributed by atoms with Gasteiger partial charge in [0.15, 0.2) is 12.2 Å². The zero-order valence-corrected chi connectivity index (χ0v) is 65.4. The van der Waals surface area contributed by atoms with Crippen LogP contribution in [0.2, 0.25) is 0 Å². The van der Waals surface area contributed by atoms with Crippen molar-refractivity contribution in [3.8, 4) is 0 Å². The first-order valence-corrected chi connectivity index (χ1v) is 43.2. The highest BCUT2D eigenvalue weighted by Crippen LogP contribution is 2.45. The number of unbranched alkanes of at least 4 members (excludes halogenated alkanes) is 38. The number of phosphoric acid groups is 2. The Bertz CT molecular complexity index is 2180. The molecule has 5 unspecified atom stereocenters. The molecular weight excluding hydrogens is 1310 g/mol. The first-order chi connectivity index (χ1) is 48.7. The van der Waals surface area contributed by atoms with E-state index in [2.05, 4.69) is 101 Å². The van der Waals surface area contributed by atoms with Gasteiger partial charge in [-0.1, -0.05) is 319 Å². The molecule has 0 aliphatic rings. The van der Waals surface area contributed by atoms with E-state index in [1.54, 1.807) is 0 Å². The summed E-state index contributed by atoms with van der Waals surface area (Å²) in [4.78, 5) is 73.0. The van der Waals surface area contributed by atoms with E-state index < -0.39 is 97.5 Å². The minimum absolute atomic E-state index is 0.0979. The second-order valence-electron chi connectivity index (χ2n) is 27.0. The smallest absolute Gasteiger partial charge is 0.462 e. The molecular formula is C81H146O17P2. The maximum absolute atomic E-state index is 13.1. The number of rotatable bonds is 76. The molecule has 0 amide bonds. The third-order valence-electron chi connectivity index (χ3n) is 17.2. The van der Waals surface area contributed by atoms with E-state index in [-0.39, 0.29) is 25.7 Å². The summed E-state index contributed by atoms with van der Waals surface area (Å²) in [6.07, 6.45) is 74.5. The van der Waals surface area contributed by atoms with E-state index >= 15 is 0 Å². The summed E-state index contributed by atoms with van der Waals surface area (Å²) in [6, 6.07) is 0. The molecule has 0 radical (unpaired) electrons. The van der Waals surface area contributed by atoms with Gasteiger partial charge in [-0.2, -0.15) is 0 Å². The van der Waals surface area contributed by atoms with Crippen LogP contribution in [0.5, 0.6) is 0 Å². The summed E-state index contributed by atoms with van der Waals surface area (Å²) >= 11 is 0. The Morgan fingerprint density at radius 2 is 0.520 bits per heavy atom. The van der Waals surface area contributed by atoms with Crippen LogP contribution in [-0.4, -0.2) is 96.7 Å². The normalized spacial score (nSPS) is 14.3. The van der Waals surface area contributed by atoms with E-state index in [0.29, 0.717) is 25.7 Å². The second-order valence-corrected chi connectivity index (χ2v) is 29.9. The third-order valence-corrected chi connectivity index (χ3v) is 19.1. The summed E-state index contributed by atoms with van der Waals surface area (Å²) in [7, 11) is -9.94. The van der Waals surface area contributed by atoms with Crippen LogP contribution < -0.4 is 0 Å². The number of aliphatic hydroxyl groups excluding tert-OH is 1. The van der Waals surface area contributed by atoms with Crippen LogP contribution >= 0.6 is 15.6 Å². The van der Waals surface area contributed by atoms with Crippen molar-refractivity contribution in [1.82, 2.24) is 0 Å². The lowest BCUT2D eigenvalue weighted by molar-refractivity contribution is -0.161. The van der Waals surface area contributed by atoms with Crippen molar-refractivity contribution in [2.24, 2.45) is 0 Å². The topological polar surface area (TPSA) is 237 Å². The largest absolute Gasteiger partial charge is 0.472 e. The zero-order valence-electron chi connectivity index (χ0n) is 63.6. The molecule has 0 heterocycles. The van der Waals surface area contributed by atoms with Gasteiger partial charge in [-0.15, -0.1) is 0 Å². The van der Waals surface area contributed by atoms with Gasteiger partial charge in [-0.3, -0.25) is 37.3 Å². The lowest BCUT2D eigenvalue weighted by Gasteiger charge is -2.21. The van der Waals surface area contributed by atoms with Gasteiger partial charge in [0.25, 0.3) is 0 Å². The predicted octanol–water partition coefficient (Wildman–Crippen LogP) is 23.2. The summed E-state index contributed by atoms with van der Waals surface area (Å²) in [5, 5.41) is 10.6. The average molecular weight is 1450 g/mol. The highest BCUT2D eigenvalue weighted by Gasteiger charge is 2.30. The molecule has 0 bridgehead atoms. The van der Waals surface area contributed by atoms with E-state index in [1.807, 2.05) is 0 Å². The molecule has 3 N–H and O–H groups in total. The number of carbonyl (C=O) groups is 4. The number of esters is 4. The standard InChI is InChI=1S/C81H146O17P2/c1-5-9-13-17-21-25-29-32-35-37-40-42-46-49-53-57-61-65-78(83)91-71-76(97-80(85)67-63-59-55-51-45-28-24-20-16-12-8-4)73-95-99(87,88)93-69-75(82)70-94-100(89,90)96-74-77(98-81(86)68-64-60-56-52-48-44-39-34-31-27-23-19-15-11-7-3)72-92-79(84)66-62-58-54-50-47-43-41-38-36-33-30-26-22-18-14-10-6-2/h9-10,13-14,21-22,25-26,32-33,35-36,75-77,82H,5-8,11-12,15-20,23-24,27-31,34,37-74H2,1-4H3,(H,87,88)(H,89,90)/b13-9-,14-10-,25-21-,26-22-,35-32-,36-33-. The van der Waals surface area contributed by atoms with Gasteiger partial charge in [-0.25, -0.2) is 9.13 Å².